The molecule has 0 saturated heterocycles. The molecule has 1 heterocycles. The minimum Gasteiger partial charge on any atom is -0.390 e. The first-order chi connectivity index (χ1) is 5.24. The van der Waals surface area contributed by atoms with E-state index in [9.17, 15) is 0 Å². The second-order valence-electron chi connectivity index (χ2n) is 2.30. The second-order valence-corrected chi connectivity index (χ2v) is 2.84. The minimum atomic E-state index is 0.0389. The molecular formula is C8H10ClNO. The van der Waals surface area contributed by atoms with Gasteiger partial charge in [-0.2, -0.15) is 0 Å². The monoisotopic (exact) mass is 171 g/mol. The first-order valence-electron chi connectivity index (χ1n) is 3.32. The van der Waals surface area contributed by atoms with Crippen LogP contribution >= 0.6 is 11.6 Å². The van der Waals surface area contributed by atoms with Gasteiger partial charge >= 0.3 is 0 Å². The van der Waals surface area contributed by atoms with Crippen molar-refractivity contribution >= 4 is 11.6 Å². The van der Waals surface area contributed by atoms with E-state index in [1.807, 2.05) is 22.9 Å². The molecule has 0 aliphatic heterocycles. The Balaban J connectivity index is 2.76. The van der Waals surface area contributed by atoms with Gasteiger partial charge in [-0.1, -0.05) is 18.2 Å². The number of hydrogen-bond acceptors (Lipinski definition) is 1. The molecular weight excluding hydrogens is 162 g/mol. The molecule has 1 N–H and O–H groups in total. The van der Waals surface area contributed by atoms with Crippen LogP contribution in [0.3, 0.4) is 0 Å². The van der Waals surface area contributed by atoms with E-state index in [2.05, 4.69) is 6.58 Å². The molecule has 0 aliphatic rings. The molecule has 0 bridgehead atoms. The van der Waals surface area contributed by atoms with Crippen LogP contribution in [0.4, 0.5) is 0 Å². The van der Waals surface area contributed by atoms with E-state index in [0.29, 0.717) is 11.6 Å². The molecule has 1 aromatic heterocycles. The number of aliphatic hydroxyl groups excluding tert-OH is 1. The SMILES string of the molecule is C=C(Cl)Cn1cccc1CO. The summed E-state index contributed by atoms with van der Waals surface area (Å²) in [5, 5.41) is 9.39. The topological polar surface area (TPSA) is 25.2 Å². The molecule has 1 aromatic rings. The Morgan fingerprint density at radius 2 is 2.45 bits per heavy atom. The summed E-state index contributed by atoms with van der Waals surface area (Å²) >= 11 is 5.60. The molecule has 0 amide bonds. The van der Waals surface area contributed by atoms with E-state index in [0.717, 1.165) is 5.69 Å². The van der Waals surface area contributed by atoms with Crippen LogP contribution in [0.25, 0.3) is 0 Å². The lowest BCUT2D eigenvalue weighted by Crippen LogP contribution is -2.00. The highest BCUT2D eigenvalue weighted by Crippen LogP contribution is 2.07. The molecule has 0 atom stereocenters. The molecule has 0 spiro atoms. The average molecular weight is 172 g/mol. The third kappa shape index (κ3) is 2.10. The van der Waals surface area contributed by atoms with Crippen LogP contribution in [0.1, 0.15) is 5.69 Å². The summed E-state index contributed by atoms with van der Waals surface area (Å²) in [5.41, 5.74) is 0.854. The Labute approximate surface area is 70.7 Å². The van der Waals surface area contributed by atoms with Crippen LogP contribution in [0.15, 0.2) is 29.9 Å². The van der Waals surface area contributed by atoms with E-state index in [1.54, 1.807) is 0 Å². The minimum absolute atomic E-state index is 0.0389. The van der Waals surface area contributed by atoms with Gasteiger partial charge in [-0.05, 0) is 12.1 Å². The Bertz CT molecular complexity index is 254. The molecule has 0 unspecified atom stereocenters. The molecule has 0 saturated carbocycles. The fourth-order valence-corrected chi connectivity index (χ4v) is 1.06. The van der Waals surface area contributed by atoms with E-state index >= 15 is 0 Å². The molecule has 11 heavy (non-hydrogen) atoms. The third-order valence-electron chi connectivity index (χ3n) is 1.43. The maximum atomic E-state index is 8.83. The van der Waals surface area contributed by atoms with Gasteiger partial charge in [-0.15, -0.1) is 0 Å². The summed E-state index contributed by atoms with van der Waals surface area (Å²) in [6, 6.07) is 3.71. The van der Waals surface area contributed by atoms with Gasteiger partial charge in [-0.25, -0.2) is 0 Å². The summed E-state index contributed by atoms with van der Waals surface area (Å²) in [6.07, 6.45) is 1.86. The lowest BCUT2D eigenvalue weighted by molar-refractivity contribution is 0.271. The maximum Gasteiger partial charge on any atom is 0.0832 e. The number of halogens is 1. The molecule has 1 rings (SSSR count). The van der Waals surface area contributed by atoms with Crippen molar-refractivity contribution in [2.75, 3.05) is 0 Å². The van der Waals surface area contributed by atoms with Gasteiger partial charge in [0.2, 0.25) is 0 Å². The van der Waals surface area contributed by atoms with E-state index in [4.69, 9.17) is 16.7 Å². The first-order valence-corrected chi connectivity index (χ1v) is 3.70. The number of rotatable bonds is 3. The molecule has 0 radical (unpaired) electrons. The Hall–Kier alpha value is -0.730. The van der Waals surface area contributed by atoms with Gasteiger partial charge in [0.1, 0.15) is 0 Å². The predicted octanol–water partition coefficient (Wildman–Crippen LogP) is 1.73. The largest absolute Gasteiger partial charge is 0.390 e. The Kier molecular flexibility index (Phi) is 2.74. The van der Waals surface area contributed by atoms with E-state index in [-0.39, 0.29) is 6.61 Å². The van der Waals surface area contributed by atoms with Crippen molar-refractivity contribution in [1.29, 1.82) is 0 Å². The Morgan fingerprint density at radius 3 is 3.00 bits per heavy atom. The molecule has 2 nitrogen and oxygen atoms in total. The zero-order chi connectivity index (χ0) is 8.27. The van der Waals surface area contributed by atoms with Crippen molar-refractivity contribution in [3.63, 3.8) is 0 Å². The zero-order valence-electron chi connectivity index (χ0n) is 6.13. The van der Waals surface area contributed by atoms with Crippen molar-refractivity contribution in [1.82, 2.24) is 4.57 Å². The van der Waals surface area contributed by atoms with Crippen molar-refractivity contribution in [3.8, 4) is 0 Å². The highest BCUT2D eigenvalue weighted by atomic mass is 35.5. The number of hydrogen-bond donors (Lipinski definition) is 1. The summed E-state index contributed by atoms with van der Waals surface area (Å²) in [6.45, 7) is 4.17. The van der Waals surface area contributed by atoms with Crippen molar-refractivity contribution < 1.29 is 5.11 Å². The fourth-order valence-electron chi connectivity index (χ4n) is 0.932. The zero-order valence-corrected chi connectivity index (χ0v) is 6.88. The van der Waals surface area contributed by atoms with Crippen molar-refractivity contribution in [2.24, 2.45) is 0 Å². The Morgan fingerprint density at radius 1 is 1.73 bits per heavy atom. The summed E-state index contributed by atoms with van der Waals surface area (Å²) in [5.74, 6) is 0. The van der Waals surface area contributed by atoms with Crippen molar-refractivity contribution in [2.45, 2.75) is 13.2 Å². The highest BCUT2D eigenvalue weighted by molar-refractivity contribution is 6.29. The number of nitrogens with zero attached hydrogens (tertiary/aromatic N) is 1. The van der Waals surface area contributed by atoms with Gasteiger partial charge < -0.3 is 9.67 Å². The van der Waals surface area contributed by atoms with Crippen LogP contribution in [-0.4, -0.2) is 9.67 Å². The standard InChI is InChI=1S/C8H10ClNO/c1-7(9)5-10-4-2-3-8(10)6-11/h2-4,11H,1,5-6H2. The first kappa shape index (κ1) is 8.37. The lowest BCUT2D eigenvalue weighted by Gasteiger charge is -2.04. The number of aromatic nitrogens is 1. The van der Waals surface area contributed by atoms with E-state index in [1.165, 1.54) is 0 Å². The summed E-state index contributed by atoms with van der Waals surface area (Å²) < 4.78 is 1.86. The third-order valence-corrected chi connectivity index (χ3v) is 1.55. The second kappa shape index (κ2) is 3.60. The normalized spacial score (nSPS) is 10.0. The molecule has 3 heteroatoms. The van der Waals surface area contributed by atoms with Crippen LogP contribution < -0.4 is 0 Å². The number of allylic oxidation sites excluding steroid dienone is 1. The van der Waals surface area contributed by atoms with Crippen LogP contribution in [0, 0.1) is 0 Å². The lowest BCUT2D eigenvalue weighted by atomic mass is 10.4. The van der Waals surface area contributed by atoms with Gasteiger partial charge in [0, 0.05) is 16.9 Å². The average Bonchev–Trinajstić information content (AvgIpc) is 2.34. The van der Waals surface area contributed by atoms with E-state index < -0.39 is 0 Å². The quantitative estimate of drug-likeness (QED) is 0.737. The smallest absolute Gasteiger partial charge is 0.0832 e. The van der Waals surface area contributed by atoms with Crippen molar-refractivity contribution in [3.05, 3.63) is 35.6 Å². The van der Waals surface area contributed by atoms with Crippen LogP contribution in [-0.2, 0) is 13.2 Å². The van der Waals surface area contributed by atoms with Gasteiger partial charge in [-0.3, -0.25) is 0 Å². The van der Waals surface area contributed by atoms with Crippen LogP contribution in [0.5, 0.6) is 0 Å². The van der Waals surface area contributed by atoms with Gasteiger partial charge in [0.25, 0.3) is 0 Å². The molecule has 60 valence electrons. The summed E-state index contributed by atoms with van der Waals surface area (Å²) in [7, 11) is 0. The molecule has 0 aliphatic carbocycles. The number of aliphatic hydroxyl groups is 1. The molecule has 0 aromatic carbocycles. The maximum absolute atomic E-state index is 8.83. The fraction of sp³-hybridized carbons (Fsp3) is 0.250. The van der Waals surface area contributed by atoms with Gasteiger partial charge in [0.15, 0.2) is 0 Å². The summed E-state index contributed by atoms with van der Waals surface area (Å²) in [4.78, 5) is 0. The van der Waals surface area contributed by atoms with Crippen LogP contribution in [0.2, 0.25) is 0 Å². The van der Waals surface area contributed by atoms with Gasteiger partial charge in [0.05, 0.1) is 13.2 Å². The molecule has 0 fully saturated rings. The predicted molar refractivity (Wildman–Crippen MR) is 45.3 cm³/mol. The highest BCUT2D eigenvalue weighted by Gasteiger charge is 1.98.